The predicted octanol–water partition coefficient (Wildman–Crippen LogP) is -9.01. The van der Waals surface area contributed by atoms with Gasteiger partial charge in [-0.2, -0.15) is 0 Å². The van der Waals surface area contributed by atoms with Gasteiger partial charge in [0.25, 0.3) is 0 Å². The minimum atomic E-state index is -2.09. The smallest absolute Gasteiger partial charge is 0.178 e. The molecule has 0 heterocycles. The summed E-state index contributed by atoms with van der Waals surface area (Å²) in [7, 11) is 0. The first-order valence-corrected chi connectivity index (χ1v) is 4.87. The molecule has 0 saturated carbocycles. The molecule has 1 rings (SSSR count). The average Bonchev–Trinajstić information content (AvgIpc) is 2.26. The predicted molar refractivity (Wildman–Crippen MR) is 84.1 cm³/mol. The van der Waals surface area contributed by atoms with Crippen LogP contribution in [-0.4, -0.2) is 84.7 Å². The van der Waals surface area contributed by atoms with Gasteiger partial charge in [-0.15, -0.1) is 0 Å². The van der Waals surface area contributed by atoms with Gasteiger partial charge in [0.1, 0.15) is 0 Å². The summed E-state index contributed by atoms with van der Waals surface area (Å²) in [5.74, 6) is 0. The number of aliphatic hydroxyl groups is 8. The largest absolute Gasteiger partial charge is 0.412 e. The van der Waals surface area contributed by atoms with Crippen LogP contribution < -0.4 is 0 Å². The van der Waals surface area contributed by atoms with Crippen LogP contribution in [0.5, 0.6) is 0 Å². The molecule has 39 heavy (non-hydrogen) atoms. The molecule has 0 unspecified atom stereocenters. The maximum absolute atomic E-state index is 9.03. The molecule has 13 radical (unpaired) electrons. The van der Waals surface area contributed by atoms with E-state index in [1.54, 1.807) is 0 Å². The third-order valence-corrected chi connectivity index (χ3v) is 2.40. The van der Waals surface area contributed by atoms with E-state index in [1.165, 1.54) is 0 Å². The molecule has 0 aromatic heterocycles. The molecular formula is C10H30Ag13O16. The minimum Gasteiger partial charge on any atom is -0.412 e. The van der Waals surface area contributed by atoms with Gasteiger partial charge >= 0.3 is 0 Å². The molecule has 0 aliphatic rings. The van der Waals surface area contributed by atoms with Crippen molar-refractivity contribution in [1.82, 2.24) is 0 Å². The maximum Gasteiger partial charge on any atom is 0.178 e. The molecule has 0 spiro atoms. The number of hydrogen-bond acceptors (Lipinski definition) is 8. The van der Waals surface area contributed by atoms with Crippen LogP contribution >= 0.6 is 0 Å². The van der Waals surface area contributed by atoms with Crippen LogP contribution in [0.25, 0.3) is 0 Å². The van der Waals surface area contributed by atoms with Crippen molar-refractivity contribution in [2.24, 2.45) is 0 Å². The molecule has 0 bridgehead atoms. The van der Waals surface area contributed by atoms with E-state index in [2.05, 4.69) is 0 Å². The van der Waals surface area contributed by atoms with Crippen molar-refractivity contribution >= 4 is 0 Å². The molecule has 0 amide bonds. The van der Waals surface area contributed by atoms with Crippen LogP contribution in [0.1, 0.15) is 47.4 Å². The Hall–Kier alpha value is 8.20. The number of rotatable bonds is 4. The molecule has 0 atom stereocenters. The van der Waals surface area contributed by atoms with Gasteiger partial charge in [-0.25, -0.2) is 0 Å². The van der Waals surface area contributed by atoms with Crippen LogP contribution in [0.4, 0.5) is 0 Å². The van der Waals surface area contributed by atoms with E-state index >= 15 is 0 Å². The number of benzene rings is 1. The van der Waals surface area contributed by atoms with Crippen molar-refractivity contribution in [3.63, 3.8) is 0 Å². The van der Waals surface area contributed by atoms with E-state index in [4.69, 9.17) is 40.9 Å². The van der Waals surface area contributed by atoms with Crippen LogP contribution in [0.3, 0.4) is 0 Å². The Kier molecular flexibility index (Phi) is 304. The second kappa shape index (κ2) is 80.7. The zero-order valence-electron chi connectivity index (χ0n) is 17.0. The van der Waals surface area contributed by atoms with Crippen LogP contribution in [0, 0.1) is 0 Å². The molecule has 29 heteroatoms. The summed E-state index contributed by atoms with van der Waals surface area (Å²) in [6.07, 6.45) is -8.37. The van der Waals surface area contributed by atoms with E-state index in [9.17, 15) is 0 Å². The van der Waals surface area contributed by atoms with Gasteiger partial charge in [0.05, 0.1) is 0 Å². The third-order valence-electron chi connectivity index (χ3n) is 2.40. The van der Waals surface area contributed by atoms with Gasteiger partial charge < -0.3 is 84.7 Å². The fourth-order valence-corrected chi connectivity index (χ4v) is 1.56. The fraction of sp³-hybridized carbons (Fsp3) is 0.400. The van der Waals surface area contributed by atoms with Crippen molar-refractivity contribution < 1.29 is 376 Å². The van der Waals surface area contributed by atoms with E-state index in [-0.39, 0.29) is 335 Å². The summed E-state index contributed by atoms with van der Waals surface area (Å²) >= 11 is 0. The van der Waals surface area contributed by atoms with Crippen molar-refractivity contribution in [3.05, 3.63) is 34.4 Å². The van der Waals surface area contributed by atoms with Gasteiger partial charge in [0.2, 0.25) is 0 Å². The second-order valence-electron chi connectivity index (χ2n) is 3.60. The van der Waals surface area contributed by atoms with Crippen molar-refractivity contribution in [3.8, 4) is 0 Å². The molecule has 0 fully saturated rings. The zero-order valence-corrected chi connectivity index (χ0v) is 36.2. The SMILES string of the molecule is O.O.O.O.O.O.O.O.OC(O)c1cc(C(O)O)c(C(O)O)cc1C(O)O.[Ag].[Ag].[Ag].[Ag].[Ag].[Ag].[Ag].[Ag].[Ag].[Ag].[Ag].[Ag].[Ag]. The molecule has 16 nitrogen and oxygen atoms in total. The summed E-state index contributed by atoms with van der Waals surface area (Å²) in [6, 6.07) is 1.66. The second-order valence-corrected chi connectivity index (χ2v) is 3.60. The van der Waals surface area contributed by atoms with Crippen molar-refractivity contribution in [2.75, 3.05) is 0 Å². The Morgan fingerprint density at radius 2 is 0.333 bits per heavy atom. The van der Waals surface area contributed by atoms with Crippen LogP contribution in [-0.2, 0) is 291 Å². The van der Waals surface area contributed by atoms with Crippen LogP contribution in [0.2, 0.25) is 0 Å². The minimum absolute atomic E-state index is 0. The molecule has 0 saturated heterocycles. The summed E-state index contributed by atoms with van der Waals surface area (Å²) in [5.41, 5.74) is -1.56. The zero-order chi connectivity index (χ0) is 14.0. The first kappa shape index (κ1) is 147. The topological polar surface area (TPSA) is 414 Å². The quantitative estimate of drug-likeness (QED) is 0.106. The monoisotopic (exact) mass is 1800 g/mol. The van der Waals surface area contributed by atoms with Crippen molar-refractivity contribution in [2.45, 2.75) is 25.2 Å². The number of aliphatic hydroxyl groups excluding tert-OH is 4. The van der Waals surface area contributed by atoms with Gasteiger partial charge in [-0.05, 0) is 12.1 Å². The Labute approximate surface area is 426 Å². The molecule has 1 aromatic carbocycles. The molecule has 0 aliphatic carbocycles. The van der Waals surface area contributed by atoms with Gasteiger partial charge in [-0.3, -0.25) is 0 Å². The molecule has 1 aromatic rings. The summed E-state index contributed by atoms with van der Waals surface area (Å²) in [6.45, 7) is 0. The fourth-order valence-electron chi connectivity index (χ4n) is 1.56. The summed E-state index contributed by atoms with van der Waals surface area (Å²) in [5, 5.41) is 72.3. The van der Waals surface area contributed by atoms with E-state index in [1.807, 2.05) is 0 Å². The molecular weight excluding hydrogens is 1780 g/mol. The van der Waals surface area contributed by atoms with E-state index in [0.717, 1.165) is 12.1 Å². The standard InChI is InChI=1S/C10H14O8.13Ag.8H2O/c11-7(12)3-1-4(8(13)14)6(10(17)18)2-5(3)9(15)16;;;;;;;;;;;;;;;;;;;;;/h1-2,7-18H;;;;;;;;;;;;;;8*1H2. The van der Waals surface area contributed by atoms with E-state index in [0.29, 0.717) is 0 Å². The normalized spacial score (nSPS) is 5.64. The maximum atomic E-state index is 9.03. The Morgan fingerprint density at radius 1 is 0.256 bits per heavy atom. The number of hydrogen-bond donors (Lipinski definition) is 8. The Bertz CT molecular complexity index is 381. The average molecular weight is 1810 g/mol. The van der Waals surface area contributed by atoms with Crippen LogP contribution in [0.15, 0.2) is 12.1 Å². The molecule has 309 valence electrons. The summed E-state index contributed by atoms with van der Waals surface area (Å²) < 4.78 is 0. The Morgan fingerprint density at radius 3 is 0.385 bits per heavy atom. The first-order valence-electron chi connectivity index (χ1n) is 4.87. The summed E-state index contributed by atoms with van der Waals surface area (Å²) in [4.78, 5) is 0. The first-order chi connectivity index (χ1) is 8.25. The van der Waals surface area contributed by atoms with Gasteiger partial charge in [0, 0.05) is 313 Å². The van der Waals surface area contributed by atoms with Gasteiger partial charge in [0.15, 0.2) is 25.2 Å². The van der Waals surface area contributed by atoms with Gasteiger partial charge in [-0.1, -0.05) is 0 Å². The van der Waals surface area contributed by atoms with E-state index < -0.39 is 47.4 Å². The molecule has 0 aliphatic heterocycles. The third kappa shape index (κ3) is 55.9. The Balaban J connectivity index is -0.00000000812. The van der Waals surface area contributed by atoms with Crippen molar-refractivity contribution in [1.29, 1.82) is 0 Å². The molecule has 24 N–H and O–H groups in total.